The number of hydrogen-bond acceptors (Lipinski definition) is 1. The average molecular weight is 461 g/mol. The molecule has 0 atom stereocenters. The first-order chi connectivity index (χ1) is 16.5. The zero-order valence-corrected chi connectivity index (χ0v) is 23.2. The Morgan fingerprint density at radius 1 is 0.676 bits per heavy atom. The molecule has 0 aliphatic heterocycles. The van der Waals surface area contributed by atoms with Gasteiger partial charge in [0, 0.05) is 5.41 Å². The molecule has 0 spiro atoms. The van der Waals surface area contributed by atoms with E-state index in [1.807, 2.05) is 27.7 Å². The summed E-state index contributed by atoms with van der Waals surface area (Å²) in [6.45, 7) is 16.6. The van der Waals surface area contributed by atoms with Crippen LogP contribution in [0.4, 0.5) is 0 Å². The van der Waals surface area contributed by atoms with Crippen molar-refractivity contribution in [3.05, 3.63) is 101 Å². The van der Waals surface area contributed by atoms with Gasteiger partial charge in [0.1, 0.15) is 5.75 Å². The van der Waals surface area contributed by atoms with Crippen LogP contribution in [0.2, 0.25) is 0 Å². The summed E-state index contributed by atoms with van der Waals surface area (Å²) in [6.07, 6.45) is 5.23. The summed E-state index contributed by atoms with van der Waals surface area (Å²) < 4.78 is 5.23. The quantitative estimate of drug-likeness (QED) is 0.378. The Morgan fingerprint density at radius 3 is 1.41 bits per heavy atom. The zero-order valence-electron chi connectivity index (χ0n) is 23.2. The van der Waals surface area contributed by atoms with Crippen LogP contribution in [0.25, 0.3) is 0 Å². The Kier molecular flexibility index (Phi) is 13.3. The standard InChI is InChI=1S/C19H22.C10H14O.2C2H6/c1-16-12-14-19(15-13-16,17-8-4-2-5-9-17)18-10-6-3-7-11-18;1-7-5-8(2)10(11-4)9(3)6-7;2*1-2/h2-11,16H,12-15H2,1H3;5-6H,1-4H3;2*1-2H3. The lowest BCUT2D eigenvalue weighted by molar-refractivity contribution is 0.280. The lowest BCUT2D eigenvalue weighted by atomic mass is 9.63. The van der Waals surface area contributed by atoms with Gasteiger partial charge in [-0.3, -0.25) is 0 Å². The van der Waals surface area contributed by atoms with Gasteiger partial charge < -0.3 is 4.74 Å². The first-order valence-electron chi connectivity index (χ1n) is 13.2. The fourth-order valence-corrected chi connectivity index (χ4v) is 5.00. The highest BCUT2D eigenvalue weighted by Gasteiger charge is 2.37. The topological polar surface area (TPSA) is 9.23 Å². The second-order valence-corrected chi connectivity index (χ2v) is 8.93. The van der Waals surface area contributed by atoms with Crippen molar-refractivity contribution in [2.45, 2.75) is 86.5 Å². The molecular formula is C33H48O. The van der Waals surface area contributed by atoms with Gasteiger partial charge in [0.15, 0.2) is 0 Å². The Labute approximate surface area is 210 Å². The van der Waals surface area contributed by atoms with Crippen LogP contribution in [0, 0.1) is 26.7 Å². The zero-order chi connectivity index (χ0) is 25.6. The largest absolute Gasteiger partial charge is 0.496 e. The second-order valence-electron chi connectivity index (χ2n) is 8.93. The minimum Gasteiger partial charge on any atom is -0.496 e. The van der Waals surface area contributed by atoms with Gasteiger partial charge in [-0.25, -0.2) is 0 Å². The molecule has 0 unspecified atom stereocenters. The monoisotopic (exact) mass is 460 g/mol. The molecule has 0 N–H and O–H groups in total. The van der Waals surface area contributed by atoms with E-state index in [1.165, 1.54) is 53.5 Å². The third-order valence-electron chi connectivity index (χ3n) is 6.59. The van der Waals surface area contributed by atoms with Crippen LogP contribution in [-0.2, 0) is 5.41 Å². The van der Waals surface area contributed by atoms with Crippen molar-refractivity contribution in [2.24, 2.45) is 5.92 Å². The van der Waals surface area contributed by atoms with Crippen molar-refractivity contribution >= 4 is 0 Å². The third kappa shape index (κ3) is 7.76. The van der Waals surface area contributed by atoms with Gasteiger partial charge in [0.25, 0.3) is 0 Å². The molecule has 0 aromatic heterocycles. The number of aryl methyl sites for hydroxylation is 3. The SMILES string of the molecule is CC.CC.CC1CCC(c2ccccc2)(c2ccccc2)CC1.COc1c(C)cc(C)cc1C. The molecule has 1 aliphatic carbocycles. The summed E-state index contributed by atoms with van der Waals surface area (Å²) in [4.78, 5) is 0. The molecule has 186 valence electrons. The molecule has 0 heterocycles. The van der Waals surface area contributed by atoms with E-state index in [2.05, 4.69) is 100 Å². The summed E-state index contributed by atoms with van der Waals surface area (Å²) in [5.41, 5.74) is 6.95. The van der Waals surface area contributed by atoms with E-state index in [9.17, 15) is 0 Å². The molecular weight excluding hydrogens is 412 g/mol. The van der Waals surface area contributed by atoms with Crippen molar-refractivity contribution in [1.29, 1.82) is 0 Å². The van der Waals surface area contributed by atoms with Gasteiger partial charge in [-0.1, -0.05) is 113 Å². The highest BCUT2D eigenvalue weighted by molar-refractivity contribution is 5.43. The van der Waals surface area contributed by atoms with Gasteiger partial charge >= 0.3 is 0 Å². The molecule has 0 radical (unpaired) electrons. The first kappa shape index (κ1) is 29.5. The third-order valence-corrected chi connectivity index (χ3v) is 6.59. The molecule has 1 heteroatoms. The van der Waals surface area contributed by atoms with Crippen LogP contribution < -0.4 is 4.74 Å². The van der Waals surface area contributed by atoms with E-state index in [0.717, 1.165) is 11.7 Å². The van der Waals surface area contributed by atoms with E-state index in [4.69, 9.17) is 4.74 Å². The maximum Gasteiger partial charge on any atom is 0.124 e. The summed E-state index contributed by atoms with van der Waals surface area (Å²) in [5, 5.41) is 0. The van der Waals surface area contributed by atoms with E-state index in [-0.39, 0.29) is 5.41 Å². The smallest absolute Gasteiger partial charge is 0.124 e. The normalized spacial score (nSPS) is 14.3. The predicted molar refractivity (Wildman–Crippen MR) is 151 cm³/mol. The van der Waals surface area contributed by atoms with Gasteiger partial charge in [-0.15, -0.1) is 0 Å². The number of ether oxygens (including phenoxy) is 1. The molecule has 0 amide bonds. The van der Waals surface area contributed by atoms with Crippen molar-refractivity contribution in [1.82, 2.24) is 0 Å². The van der Waals surface area contributed by atoms with Crippen molar-refractivity contribution in [2.75, 3.05) is 7.11 Å². The molecule has 1 aliphatic rings. The molecule has 0 saturated heterocycles. The molecule has 3 aromatic rings. The predicted octanol–water partition coefficient (Wildman–Crippen LogP) is 9.86. The van der Waals surface area contributed by atoms with Crippen LogP contribution >= 0.6 is 0 Å². The minimum atomic E-state index is 0.245. The number of hydrogen-bond donors (Lipinski definition) is 0. The van der Waals surface area contributed by atoms with E-state index >= 15 is 0 Å². The van der Waals surface area contributed by atoms with Gasteiger partial charge in [0.2, 0.25) is 0 Å². The highest BCUT2D eigenvalue weighted by atomic mass is 16.5. The summed E-state index contributed by atoms with van der Waals surface area (Å²) >= 11 is 0. The molecule has 4 rings (SSSR count). The second kappa shape index (κ2) is 15.4. The van der Waals surface area contributed by atoms with Crippen LogP contribution in [0.1, 0.15) is 88.1 Å². The average Bonchev–Trinajstić information content (AvgIpc) is 2.88. The fraction of sp³-hybridized carbons (Fsp3) is 0.455. The van der Waals surface area contributed by atoms with E-state index in [1.54, 1.807) is 7.11 Å². The maximum atomic E-state index is 5.23. The highest BCUT2D eigenvalue weighted by Crippen LogP contribution is 2.46. The Hall–Kier alpha value is -2.54. The number of rotatable bonds is 3. The molecule has 3 aromatic carbocycles. The van der Waals surface area contributed by atoms with E-state index in [0.29, 0.717) is 0 Å². The van der Waals surface area contributed by atoms with Crippen LogP contribution in [0.5, 0.6) is 5.75 Å². The molecule has 1 fully saturated rings. The van der Waals surface area contributed by atoms with Crippen molar-refractivity contribution in [3.63, 3.8) is 0 Å². The van der Waals surface area contributed by atoms with Crippen LogP contribution in [0.15, 0.2) is 72.8 Å². The number of benzene rings is 3. The van der Waals surface area contributed by atoms with Gasteiger partial charge in [0.05, 0.1) is 7.11 Å². The van der Waals surface area contributed by atoms with Gasteiger partial charge in [-0.05, 0) is 74.6 Å². The maximum absolute atomic E-state index is 5.23. The first-order valence-corrected chi connectivity index (χ1v) is 13.2. The Morgan fingerprint density at radius 2 is 1.06 bits per heavy atom. The Bertz CT molecular complexity index is 855. The summed E-state index contributed by atoms with van der Waals surface area (Å²) in [6, 6.07) is 26.4. The lowest BCUT2D eigenvalue weighted by Crippen LogP contribution is -2.32. The molecule has 34 heavy (non-hydrogen) atoms. The molecule has 1 saturated carbocycles. The summed E-state index contributed by atoms with van der Waals surface area (Å²) in [5.74, 6) is 1.89. The summed E-state index contributed by atoms with van der Waals surface area (Å²) in [7, 11) is 1.71. The van der Waals surface area contributed by atoms with Crippen LogP contribution in [0.3, 0.4) is 0 Å². The molecule has 1 nitrogen and oxygen atoms in total. The van der Waals surface area contributed by atoms with E-state index < -0.39 is 0 Å². The van der Waals surface area contributed by atoms with Crippen molar-refractivity contribution < 1.29 is 4.74 Å². The minimum absolute atomic E-state index is 0.245. The lowest BCUT2D eigenvalue weighted by Gasteiger charge is -2.40. The Balaban J connectivity index is 0.000000330. The fourth-order valence-electron chi connectivity index (χ4n) is 5.00. The number of methoxy groups -OCH3 is 1. The van der Waals surface area contributed by atoms with Crippen LogP contribution in [-0.4, -0.2) is 7.11 Å². The van der Waals surface area contributed by atoms with Crippen molar-refractivity contribution in [3.8, 4) is 5.75 Å². The molecule has 0 bridgehead atoms. The van der Waals surface area contributed by atoms with Gasteiger partial charge in [-0.2, -0.15) is 0 Å².